The zero-order valence-electron chi connectivity index (χ0n) is 12.3. The predicted molar refractivity (Wildman–Crippen MR) is 83.1 cm³/mol. The van der Waals surface area contributed by atoms with Crippen molar-refractivity contribution in [1.29, 1.82) is 0 Å². The molecule has 2 nitrogen and oxygen atoms in total. The van der Waals surface area contributed by atoms with E-state index in [1.807, 2.05) is 20.8 Å². The number of carbonyl (C=O) groups excluding carboxylic acids is 1. The average molecular weight is 309 g/mol. The smallest absolute Gasteiger partial charge is 0.331 e. The van der Waals surface area contributed by atoms with Crippen LogP contribution in [0.4, 0.5) is 0 Å². The molecule has 0 aromatic heterocycles. The minimum atomic E-state index is -0.440. The molecular weight excluding hydrogens is 283 g/mol. The Balaban J connectivity index is 4.38. The van der Waals surface area contributed by atoms with E-state index in [2.05, 4.69) is 0 Å². The fourth-order valence-electron chi connectivity index (χ4n) is 1.66. The summed E-state index contributed by atoms with van der Waals surface area (Å²) in [6, 6.07) is 0. The first-order valence-corrected chi connectivity index (χ1v) is 8.00. The summed E-state index contributed by atoms with van der Waals surface area (Å²) < 4.78 is 5.31. The Morgan fingerprint density at radius 1 is 1.00 bits per heavy atom. The summed E-state index contributed by atoms with van der Waals surface area (Å²) in [6.07, 6.45) is 7.44. The quantitative estimate of drug-likeness (QED) is 0.257. The maximum absolute atomic E-state index is 11.8. The summed E-state index contributed by atoms with van der Waals surface area (Å²) in [5.41, 5.74) is 0.704. The second kappa shape index (κ2) is 10.6. The summed E-state index contributed by atoms with van der Waals surface area (Å²) >= 11 is 11.4. The van der Waals surface area contributed by atoms with Gasteiger partial charge in [0.2, 0.25) is 0 Å². The van der Waals surface area contributed by atoms with Gasteiger partial charge in [0.05, 0.1) is 0 Å². The standard InChI is InChI=1S/C15H26Cl2O2/c1-15(2,3)19-14(18)12-13(8-4-6-10-16)9-5-7-11-17/h12H,4-11H2,1-3H3. The van der Waals surface area contributed by atoms with Crippen molar-refractivity contribution in [3.63, 3.8) is 0 Å². The predicted octanol–water partition coefficient (Wildman–Crippen LogP) is 5.07. The Hall–Kier alpha value is -0.210. The zero-order valence-corrected chi connectivity index (χ0v) is 13.8. The fourth-order valence-corrected chi connectivity index (χ4v) is 2.04. The first-order chi connectivity index (χ1) is 8.89. The van der Waals surface area contributed by atoms with Gasteiger partial charge >= 0.3 is 5.97 Å². The largest absolute Gasteiger partial charge is 0.457 e. The molecule has 0 heterocycles. The van der Waals surface area contributed by atoms with Gasteiger partial charge in [-0.05, 0) is 59.3 Å². The highest BCUT2D eigenvalue weighted by atomic mass is 35.5. The number of hydrogen-bond donors (Lipinski definition) is 0. The maximum atomic E-state index is 11.8. The number of alkyl halides is 2. The molecule has 0 aliphatic carbocycles. The molecule has 0 rings (SSSR count). The lowest BCUT2D eigenvalue weighted by Gasteiger charge is -2.18. The van der Waals surface area contributed by atoms with Crippen LogP contribution >= 0.6 is 23.2 Å². The summed E-state index contributed by atoms with van der Waals surface area (Å²) in [4.78, 5) is 11.8. The van der Waals surface area contributed by atoms with Gasteiger partial charge in [-0.15, -0.1) is 23.2 Å². The summed E-state index contributed by atoms with van der Waals surface area (Å²) in [6.45, 7) is 5.62. The third-order valence-corrected chi connectivity index (χ3v) is 3.03. The zero-order chi connectivity index (χ0) is 14.7. The molecule has 0 fully saturated rings. The van der Waals surface area contributed by atoms with Crippen molar-refractivity contribution in [2.24, 2.45) is 0 Å². The lowest BCUT2D eigenvalue weighted by atomic mass is 10.0. The molecule has 0 radical (unpaired) electrons. The Bertz CT molecular complexity index is 268. The molecular formula is C15H26Cl2O2. The number of ether oxygens (including phenoxy) is 1. The van der Waals surface area contributed by atoms with Gasteiger partial charge in [-0.3, -0.25) is 0 Å². The molecule has 0 atom stereocenters. The minimum Gasteiger partial charge on any atom is -0.457 e. The van der Waals surface area contributed by atoms with Gasteiger partial charge < -0.3 is 4.74 Å². The number of hydrogen-bond acceptors (Lipinski definition) is 2. The number of allylic oxidation sites excluding steroid dienone is 1. The highest BCUT2D eigenvalue weighted by Gasteiger charge is 2.15. The number of rotatable bonds is 9. The minimum absolute atomic E-state index is 0.251. The van der Waals surface area contributed by atoms with E-state index in [9.17, 15) is 4.79 Å². The number of carbonyl (C=O) groups is 1. The van der Waals surface area contributed by atoms with Gasteiger partial charge in [0.25, 0.3) is 0 Å². The molecule has 0 aliphatic rings. The molecule has 0 aliphatic heterocycles. The topological polar surface area (TPSA) is 26.3 Å². The number of unbranched alkanes of at least 4 members (excludes halogenated alkanes) is 2. The summed E-state index contributed by atoms with van der Waals surface area (Å²) in [5, 5.41) is 0. The average Bonchev–Trinajstić information content (AvgIpc) is 2.26. The molecule has 19 heavy (non-hydrogen) atoms. The van der Waals surface area contributed by atoms with E-state index < -0.39 is 5.60 Å². The van der Waals surface area contributed by atoms with E-state index in [1.165, 1.54) is 0 Å². The maximum Gasteiger partial charge on any atom is 0.331 e. The van der Waals surface area contributed by atoms with Crippen LogP contribution in [-0.4, -0.2) is 23.3 Å². The van der Waals surface area contributed by atoms with Crippen LogP contribution in [0.1, 0.15) is 59.3 Å². The van der Waals surface area contributed by atoms with E-state index in [-0.39, 0.29) is 5.97 Å². The van der Waals surface area contributed by atoms with Crippen LogP contribution in [0.15, 0.2) is 11.6 Å². The van der Waals surface area contributed by atoms with Crippen molar-refractivity contribution in [3.05, 3.63) is 11.6 Å². The molecule has 112 valence electrons. The van der Waals surface area contributed by atoms with Crippen LogP contribution < -0.4 is 0 Å². The molecule has 0 amide bonds. The number of halogens is 2. The molecule has 0 bridgehead atoms. The van der Waals surface area contributed by atoms with Gasteiger partial charge in [-0.1, -0.05) is 5.57 Å². The highest BCUT2D eigenvalue weighted by Crippen LogP contribution is 2.17. The van der Waals surface area contributed by atoms with Gasteiger partial charge in [0, 0.05) is 17.8 Å². The van der Waals surface area contributed by atoms with E-state index in [0.717, 1.165) is 44.1 Å². The normalized spacial score (nSPS) is 11.2. The SMILES string of the molecule is CC(C)(C)OC(=O)C=C(CCCCCl)CCCCCl. The molecule has 0 aromatic rings. The van der Waals surface area contributed by atoms with E-state index in [0.29, 0.717) is 11.8 Å². The van der Waals surface area contributed by atoms with Gasteiger partial charge in [0.1, 0.15) is 5.60 Å². The van der Waals surface area contributed by atoms with Gasteiger partial charge in [-0.25, -0.2) is 4.79 Å². The van der Waals surface area contributed by atoms with Crippen molar-refractivity contribution >= 4 is 29.2 Å². The lowest BCUT2D eigenvalue weighted by Crippen LogP contribution is -2.22. The van der Waals surface area contributed by atoms with E-state index in [1.54, 1.807) is 6.08 Å². The van der Waals surface area contributed by atoms with E-state index >= 15 is 0 Å². The highest BCUT2D eigenvalue weighted by molar-refractivity contribution is 6.18. The third kappa shape index (κ3) is 12.6. The van der Waals surface area contributed by atoms with Crippen LogP contribution in [0.3, 0.4) is 0 Å². The van der Waals surface area contributed by atoms with Crippen LogP contribution in [-0.2, 0) is 9.53 Å². The summed E-state index contributed by atoms with van der Waals surface area (Å²) in [5.74, 6) is 1.09. The van der Waals surface area contributed by atoms with Crippen molar-refractivity contribution in [2.45, 2.75) is 64.9 Å². The first kappa shape index (κ1) is 18.8. The molecule has 0 spiro atoms. The van der Waals surface area contributed by atoms with Crippen LogP contribution in [0.25, 0.3) is 0 Å². The van der Waals surface area contributed by atoms with Crippen molar-refractivity contribution in [2.75, 3.05) is 11.8 Å². The van der Waals surface area contributed by atoms with Gasteiger partial charge in [0.15, 0.2) is 0 Å². The molecule has 4 heteroatoms. The lowest BCUT2D eigenvalue weighted by molar-refractivity contribution is -0.148. The Kier molecular flexibility index (Phi) is 10.4. The number of esters is 1. The Morgan fingerprint density at radius 2 is 1.47 bits per heavy atom. The fraction of sp³-hybridized carbons (Fsp3) is 0.800. The second-order valence-corrected chi connectivity index (χ2v) is 6.38. The first-order valence-electron chi connectivity index (χ1n) is 6.93. The molecule has 0 saturated heterocycles. The Morgan fingerprint density at radius 3 is 1.84 bits per heavy atom. The van der Waals surface area contributed by atoms with Crippen molar-refractivity contribution in [3.8, 4) is 0 Å². The van der Waals surface area contributed by atoms with Crippen LogP contribution in [0, 0.1) is 0 Å². The van der Waals surface area contributed by atoms with Crippen LogP contribution in [0.2, 0.25) is 0 Å². The van der Waals surface area contributed by atoms with E-state index in [4.69, 9.17) is 27.9 Å². The Labute approximate surface area is 127 Å². The molecule has 0 saturated carbocycles. The molecule has 0 N–H and O–H groups in total. The monoisotopic (exact) mass is 308 g/mol. The molecule has 0 unspecified atom stereocenters. The second-order valence-electron chi connectivity index (χ2n) is 5.63. The summed E-state index contributed by atoms with van der Waals surface area (Å²) in [7, 11) is 0. The van der Waals surface area contributed by atoms with Crippen LogP contribution in [0.5, 0.6) is 0 Å². The molecule has 0 aromatic carbocycles. The van der Waals surface area contributed by atoms with Crippen molar-refractivity contribution in [1.82, 2.24) is 0 Å². The van der Waals surface area contributed by atoms with Crippen molar-refractivity contribution < 1.29 is 9.53 Å². The third-order valence-electron chi connectivity index (χ3n) is 2.49. The van der Waals surface area contributed by atoms with Gasteiger partial charge in [-0.2, -0.15) is 0 Å².